The number of benzene rings is 1. The Kier molecular flexibility index (Phi) is 4.02. The van der Waals surface area contributed by atoms with Crippen molar-refractivity contribution in [2.45, 2.75) is 6.42 Å². The maximum atomic E-state index is 11.0. The van der Waals surface area contributed by atoms with Crippen LogP contribution in [0.25, 0.3) is 0 Å². The number of nitrogens with one attached hydrogen (secondary N) is 1. The monoisotopic (exact) mass is 222 g/mol. The summed E-state index contributed by atoms with van der Waals surface area (Å²) in [5.74, 6) is -1.53. The molecule has 1 amide bonds. The molecule has 0 heterocycles. The number of oxime groups is 1. The molecule has 0 saturated heterocycles. The van der Waals surface area contributed by atoms with Crippen LogP contribution in [0.2, 0.25) is 0 Å². The van der Waals surface area contributed by atoms with Gasteiger partial charge in [0.15, 0.2) is 0 Å². The molecule has 1 aromatic carbocycles. The minimum Gasteiger partial charge on any atom is -0.481 e. The van der Waals surface area contributed by atoms with Crippen LogP contribution in [0.5, 0.6) is 0 Å². The van der Waals surface area contributed by atoms with E-state index in [1.165, 1.54) is 6.07 Å². The van der Waals surface area contributed by atoms with Crippen LogP contribution in [0.1, 0.15) is 5.56 Å². The van der Waals surface area contributed by atoms with Crippen LogP contribution in [-0.2, 0) is 16.0 Å². The molecule has 0 aliphatic rings. The second kappa shape index (κ2) is 5.50. The second-order valence-corrected chi connectivity index (χ2v) is 3.00. The lowest BCUT2D eigenvalue weighted by Crippen LogP contribution is -2.12. The molecule has 0 aliphatic heterocycles. The van der Waals surface area contributed by atoms with Crippen molar-refractivity contribution in [2.75, 3.05) is 5.32 Å². The molecular formula is C10H10N2O4. The highest BCUT2D eigenvalue weighted by Gasteiger charge is 2.03. The number of hydrogen-bond donors (Lipinski definition) is 3. The van der Waals surface area contributed by atoms with Gasteiger partial charge in [-0.2, -0.15) is 0 Å². The van der Waals surface area contributed by atoms with Gasteiger partial charge in [-0.25, -0.2) is 0 Å². The number of carbonyl (C=O) groups excluding carboxylic acids is 1. The standard InChI is InChI=1S/C10H10N2O4/c13-9(6-11-16)12-8-3-1-2-7(4-8)5-10(14)15/h1-4,6,16H,5H2,(H,12,13)(H,14,15)/b11-6+. The summed E-state index contributed by atoms with van der Waals surface area (Å²) in [5.41, 5.74) is 1.02. The molecule has 0 aliphatic carbocycles. The number of hydrogen-bond acceptors (Lipinski definition) is 4. The minimum absolute atomic E-state index is 0.113. The van der Waals surface area contributed by atoms with E-state index in [4.69, 9.17) is 10.3 Å². The van der Waals surface area contributed by atoms with E-state index in [2.05, 4.69) is 10.5 Å². The Hall–Kier alpha value is -2.37. The molecular weight excluding hydrogens is 212 g/mol. The summed E-state index contributed by atoms with van der Waals surface area (Å²) in [7, 11) is 0. The Morgan fingerprint density at radius 1 is 1.44 bits per heavy atom. The van der Waals surface area contributed by atoms with Crippen LogP contribution in [0.3, 0.4) is 0 Å². The van der Waals surface area contributed by atoms with E-state index in [1.807, 2.05) is 0 Å². The summed E-state index contributed by atoms with van der Waals surface area (Å²) in [6, 6.07) is 6.42. The topological polar surface area (TPSA) is 99.0 Å². The molecule has 0 aromatic heterocycles. The maximum Gasteiger partial charge on any atom is 0.307 e. The van der Waals surface area contributed by atoms with E-state index >= 15 is 0 Å². The molecule has 0 saturated carbocycles. The van der Waals surface area contributed by atoms with E-state index in [0.717, 1.165) is 0 Å². The van der Waals surface area contributed by atoms with Crippen molar-refractivity contribution in [2.24, 2.45) is 5.16 Å². The van der Waals surface area contributed by atoms with E-state index in [1.54, 1.807) is 18.2 Å². The molecule has 0 bridgehead atoms. The van der Waals surface area contributed by atoms with Crippen molar-refractivity contribution in [1.82, 2.24) is 0 Å². The summed E-state index contributed by atoms with van der Waals surface area (Å²) in [4.78, 5) is 21.5. The first-order chi connectivity index (χ1) is 7.61. The molecule has 3 N–H and O–H groups in total. The van der Waals surface area contributed by atoms with E-state index < -0.39 is 11.9 Å². The molecule has 0 radical (unpaired) electrons. The number of nitrogens with zero attached hydrogens (tertiary/aromatic N) is 1. The van der Waals surface area contributed by atoms with Gasteiger partial charge in [-0.3, -0.25) is 9.59 Å². The number of carbonyl (C=O) groups is 2. The first-order valence-electron chi connectivity index (χ1n) is 4.41. The van der Waals surface area contributed by atoms with Gasteiger partial charge < -0.3 is 15.6 Å². The van der Waals surface area contributed by atoms with Crippen LogP contribution in [0.4, 0.5) is 5.69 Å². The fraction of sp³-hybridized carbons (Fsp3) is 0.100. The molecule has 1 rings (SSSR count). The zero-order valence-electron chi connectivity index (χ0n) is 8.25. The van der Waals surface area contributed by atoms with Crippen LogP contribution in [-0.4, -0.2) is 28.4 Å². The van der Waals surface area contributed by atoms with Crippen molar-refractivity contribution in [3.05, 3.63) is 29.8 Å². The molecule has 0 atom stereocenters. The Balaban J connectivity index is 2.74. The number of rotatable bonds is 4. The minimum atomic E-state index is -0.944. The molecule has 1 aromatic rings. The second-order valence-electron chi connectivity index (χ2n) is 3.00. The van der Waals surface area contributed by atoms with Gasteiger partial charge in [-0.05, 0) is 17.7 Å². The Bertz CT molecular complexity index is 429. The van der Waals surface area contributed by atoms with Crippen molar-refractivity contribution >= 4 is 23.8 Å². The van der Waals surface area contributed by atoms with Gasteiger partial charge in [-0.15, -0.1) is 0 Å². The largest absolute Gasteiger partial charge is 0.481 e. The predicted octanol–water partition coefficient (Wildman–Crippen LogP) is 0.712. The summed E-state index contributed by atoms with van der Waals surface area (Å²) >= 11 is 0. The molecule has 16 heavy (non-hydrogen) atoms. The van der Waals surface area contributed by atoms with Gasteiger partial charge in [0.25, 0.3) is 5.91 Å². The smallest absolute Gasteiger partial charge is 0.307 e. The van der Waals surface area contributed by atoms with Crippen LogP contribution >= 0.6 is 0 Å². The normalized spacial score (nSPS) is 10.2. The fourth-order valence-corrected chi connectivity index (χ4v) is 1.16. The number of anilines is 1. The van der Waals surface area contributed by atoms with E-state index in [9.17, 15) is 9.59 Å². The third kappa shape index (κ3) is 3.79. The predicted molar refractivity (Wildman–Crippen MR) is 56.7 cm³/mol. The Morgan fingerprint density at radius 3 is 2.81 bits per heavy atom. The molecule has 0 spiro atoms. The molecule has 6 nitrogen and oxygen atoms in total. The first kappa shape index (κ1) is 11.7. The number of carboxylic acids is 1. The quantitative estimate of drug-likeness (QED) is 0.397. The lowest BCUT2D eigenvalue weighted by molar-refractivity contribution is -0.136. The Labute approximate surface area is 91.2 Å². The van der Waals surface area contributed by atoms with Gasteiger partial charge in [0, 0.05) is 5.69 Å². The molecule has 0 unspecified atom stereocenters. The van der Waals surface area contributed by atoms with E-state index in [0.29, 0.717) is 17.5 Å². The lowest BCUT2D eigenvalue weighted by atomic mass is 10.1. The highest BCUT2D eigenvalue weighted by Crippen LogP contribution is 2.10. The summed E-state index contributed by atoms with van der Waals surface area (Å²) in [5, 5.41) is 21.7. The number of carboxylic acid groups (broad SMARTS) is 1. The lowest BCUT2D eigenvalue weighted by Gasteiger charge is -2.03. The molecule has 6 heteroatoms. The van der Waals surface area contributed by atoms with Gasteiger partial charge in [0.1, 0.15) is 6.21 Å². The first-order valence-corrected chi connectivity index (χ1v) is 4.41. The van der Waals surface area contributed by atoms with Crippen molar-refractivity contribution in [1.29, 1.82) is 0 Å². The summed E-state index contributed by atoms with van der Waals surface area (Å²) < 4.78 is 0. The third-order valence-corrected chi connectivity index (χ3v) is 1.72. The van der Waals surface area contributed by atoms with Gasteiger partial charge in [0.2, 0.25) is 0 Å². The van der Waals surface area contributed by atoms with Crippen LogP contribution in [0.15, 0.2) is 29.4 Å². The van der Waals surface area contributed by atoms with E-state index in [-0.39, 0.29) is 6.42 Å². The van der Waals surface area contributed by atoms with Gasteiger partial charge >= 0.3 is 5.97 Å². The average Bonchev–Trinajstić information content (AvgIpc) is 2.17. The average molecular weight is 222 g/mol. The summed E-state index contributed by atoms with van der Waals surface area (Å²) in [6.45, 7) is 0. The fourth-order valence-electron chi connectivity index (χ4n) is 1.16. The molecule has 0 fully saturated rings. The van der Waals surface area contributed by atoms with Crippen molar-refractivity contribution < 1.29 is 19.9 Å². The Morgan fingerprint density at radius 2 is 2.19 bits per heavy atom. The zero-order chi connectivity index (χ0) is 12.0. The zero-order valence-corrected chi connectivity index (χ0v) is 8.25. The van der Waals surface area contributed by atoms with Gasteiger partial charge in [0.05, 0.1) is 6.42 Å². The van der Waals surface area contributed by atoms with Crippen LogP contribution in [0, 0.1) is 0 Å². The third-order valence-electron chi connectivity index (χ3n) is 1.72. The van der Waals surface area contributed by atoms with Gasteiger partial charge in [-0.1, -0.05) is 17.3 Å². The number of amides is 1. The maximum absolute atomic E-state index is 11.0. The SMILES string of the molecule is O=C(O)Cc1cccc(NC(=O)/C=N/O)c1. The van der Waals surface area contributed by atoms with Crippen LogP contribution < -0.4 is 5.32 Å². The number of aliphatic carboxylic acids is 1. The highest BCUT2D eigenvalue weighted by atomic mass is 16.4. The highest BCUT2D eigenvalue weighted by molar-refractivity contribution is 6.31. The molecule has 84 valence electrons. The van der Waals surface area contributed by atoms with Crippen molar-refractivity contribution in [3.63, 3.8) is 0 Å². The van der Waals surface area contributed by atoms with Crippen molar-refractivity contribution in [3.8, 4) is 0 Å². The summed E-state index contributed by atoms with van der Waals surface area (Å²) in [6.07, 6.45) is 0.599.